The third-order valence-electron chi connectivity index (χ3n) is 3.03. The Balaban J connectivity index is 1.82. The summed E-state index contributed by atoms with van der Waals surface area (Å²) in [4.78, 5) is 23.3. The van der Waals surface area contributed by atoms with Crippen LogP contribution < -0.4 is 16.2 Å². The van der Waals surface area contributed by atoms with Gasteiger partial charge in [0.1, 0.15) is 0 Å². The molecule has 0 atom stereocenters. The minimum atomic E-state index is -4.44. The van der Waals surface area contributed by atoms with Crippen molar-refractivity contribution in [2.75, 3.05) is 0 Å². The highest BCUT2D eigenvalue weighted by Crippen LogP contribution is 2.29. The van der Waals surface area contributed by atoms with Crippen molar-refractivity contribution in [3.63, 3.8) is 0 Å². The molecule has 126 valence electrons. The van der Waals surface area contributed by atoms with E-state index in [0.717, 1.165) is 12.1 Å². The number of halogens is 3. The second-order valence-corrected chi connectivity index (χ2v) is 4.83. The van der Waals surface area contributed by atoms with Crippen LogP contribution in [-0.4, -0.2) is 11.9 Å². The molecule has 0 spiro atoms. The van der Waals surface area contributed by atoms with E-state index in [-0.39, 0.29) is 12.1 Å². The molecule has 0 aromatic heterocycles. The summed E-state index contributed by atoms with van der Waals surface area (Å²) < 4.78 is 37.8. The van der Waals surface area contributed by atoms with Gasteiger partial charge in [0, 0.05) is 12.1 Å². The van der Waals surface area contributed by atoms with E-state index in [1.165, 1.54) is 12.1 Å². The number of hydrazine groups is 1. The van der Waals surface area contributed by atoms with E-state index in [2.05, 4.69) is 16.2 Å². The first-order valence-electron chi connectivity index (χ1n) is 6.91. The van der Waals surface area contributed by atoms with Crippen LogP contribution in [0, 0.1) is 0 Å². The Morgan fingerprint density at radius 3 is 2.29 bits per heavy atom. The molecule has 0 aliphatic heterocycles. The van der Waals surface area contributed by atoms with Gasteiger partial charge in [0.2, 0.25) is 0 Å². The maximum atomic E-state index is 12.6. The highest BCUT2D eigenvalue weighted by molar-refractivity contribution is 5.95. The second-order valence-electron chi connectivity index (χ2n) is 4.83. The molecule has 5 nitrogen and oxygen atoms in total. The molecular weight excluding hydrogens is 323 g/mol. The monoisotopic (exact) mass is 337 g/mol. The molecule has 0 fully saturated rings. The number of nitrogens with one attached hydrogen (secondary N) is 3. The average molecular weight is 337 g/mol. The van der Waals surface area contributed by atoms with Crippen molar-refractivity contribution in [2.24, 2.45) is 0 Å². The minimum absolute atomic E-state index is 0.114. The summed E-state index contributed by atoms with van der Waals surface area (Å²) >= 11 is 0. The standard InChI is InChI=1S/C16H14F3N3O2/c17-16(18,19)13-8-4-5-11(9-13)10-20-15(24)22-21-14(23)12-6-2-1-3-7-12/h1-9H,10H2,(H,21,23)(H2,20,22,24). The average Bonchev–Trinajstić information content (AvgIpc) is 2.58. The predicted molar refractivity (Wildman–Crippen MR) is 80.7 cm³/mol. The molecule has 0 saturated heterocycles. The van der Waals surface area contributed by atoms with Crippen molar-refractivity contribution in [2.45, 2.75) is 12.7 Å². The topological polar surface area (TPSA) is 70.2 Å². The molecule has 8 heteroatoms. The Morgan fingerprint density at radius 2 is 1.62 bits per heavy atom. The van der Waals surface area contributed by atoms with E-state index in [1.54, 1.807) is 30.3 Å². The number of hydrogen-bond donors (Lipinski definition) is 3. The second kappa shape index (κ2) is 7.49. The maximum Gasteiger partial charge on any atom is 0.416 e. The van der Waals surface area contributed by atoms with Crippen LogP contribution in [0.15, 0.2) is 54.6 Å². The lowest BCUT2D eigenvalue weighted by atomic mass is 10.1. The van der Waals surface area contributed by atoms with Gasteiger partial charge in [-0.05, 0) is 29.8 Å². The molecule has 2 aromatic carbocycles. The van der Waals surface area contributed by atoms with Gasteiger partial charge in [0.25, 0.3) is 5.91 Å². The van der Waals surface area contributed by atoms with Crippen LogP contribution in [-0.2, 0) is 12.7 Å². The van der Waals surface area contributed by atoms with Crippen LogP contribution in [0.3, 0.4) is 0 Å². The summed E-state index contributed by atoms with van der Waals surface area (Å²) in [7, 11) is 0. The number of carbonyl (C=O) groups excluding carboxylic acids is 2. The van der Waals surface area contributed by atoms with Crippen molar-refractivity contribution in [1.82, 2.24) is 16.2 Å². The van der Waals surface area contributed by atoms with Gasteiger partial charge in [0.05, 0.1) is 5.56 Å². The molecule has 24 heavy (non-hydrogen) atoms. The van der Waals surface area contributed by atoms with Crippen LogP contribution in [0.1, 0.15) is 21.5 Å². The SMILES string of the molecule is O=C(NCc1cccc(C(F)(F)F)c1)NNC(=O)c1ccccc1. The highest BCUT2D eigenvalue weighted by Gasteiger charge is 2.30. The van der Waals surface area contributed by atoms with Crippen molar-refractivity contribution >= 4 is 11.9 Å². The zero-order chi connectivity index (χ0) is 17.6. The molecule has 0 unspecified atom stereocenters. The molecule has 2 rings (SSSR count). The van der Waals surface area contributed by atoms with Crippen molar-refractivity contribution in [3.05, 3.63) is 71.3 Å². The van der Waals surface area contributed by atoms with Gasteiger partial charge >= 0.3 is 12.2 Å². The number of amides is 3. The number of rotatable bonds is 3. The van der Waals surface area contributed by atoms with Crippen molar-refractivity contribution in [1.29, 1.82) is 0 Å². The first-order valence-corrected chi connectivity index (χ1v) is 6.91. The Bertz CT molecular complexity index is 718. The van der Waals surface area contributed by atoms with E-state index < -0.39 is 23.7 Å². The normalized spacial score (nSPS) is 10.8. The molecule has 0 radical (unpaired) electrons. The van der Waals surface area contributed by atoms with Gasteiger partial charge in [-0.25, -0.2) is 10.2 Å². The Morgan fingerprint density at radius 1 is 0.917 bits per heavy atom. The minimum Gasteiger partial charge on any atom is -0.333 e. The summed E-state index contributed by atoms with van der Waals surface area (Å²) in [6.07, 6.45) is -4.44. The summed E-state index contributed by atoms with van der Waals surface area (Å²) in [6.45, 7) is -0.114. The molecule has 0 saturated carbocycles. The van der Waals surface area contributed by atoms with E-state index in [4.69, 9.17) is 0 Å². The number of urea groups is 1. The third-order valence-corrected chi connectivity index (χ3v) is 3.03. The van der Waals surface area contributed by atoms with Crippen LogP contribution in [0.2, 0.25) is 0 Å². The first-order chi connectivity index (χ1) is 11.4. The fourth-order valence-electron chi connectivity index (χ4n) is 1.86. The molecule has 0 bridgehead atoms. The lowest BCUT2D eigenvalue weighted by Crippen LogP contribution is -2.46. The van der Waals surface area contributed by atoms with Crippen LogP contribution >= 0.6 is 0 Å². The largest absolute Gasteiger partial charge is 0.416 e. The smallest absolute Gasteiger partial charge is 0.333 e. The molecule has 0 heterocycles. The van der Waals surface area contributed by atoms with E-state index >= 15 is 0 Å². The fraction of sp³-hybridized carbons (Fsp3) is 0.125. The molecule has 3 amide bonds. The van der Waals surface area contributed by atoms with Gasteiger partial charge in [-0.2, -0.15) is 13.2 Å². The Kier molecular flexibility index (Phi) is 5.41. The molecule has 2 aromatic rings. The first kappa shape index (κ1) is 17.3. The zero-order valence-corrected chi connectivity index (χ0v) is 12.4. The van der Waals surface area contributed by atoms with Gasteiger partial charge in [-0.1, -0.05) is 30.3 Å². The lowest BCUT2D eigenvalue weighted by Gasteiger charge is -2.11. The van der Waals surface area contributed by atoms with E-state index in [0.29, 0.717) is 5.56 Å². The summed E-state index contributed by atoms with van der Waals surface area (Å²) in [6, 6.07) is 12.1. The number of hydrogen-bond acceptors (Lipinski definition) is 2. The number of carbonyl (C=O) groups is 2. The van der Waals surface area contributed by atoms with E-state index in [1.807, 2.05) is 0 Å². The van der Waals surface area contributed by atoms with Crippen LogP contribution in [0.25, 0.3) is 0 Å². The quantitative estimate of drug-likeness (QED) is 0.754. The van der Waals surface area contributed by atoms with Gasteiger partial charge in [0.15, 0.2) is 0 Å². The van der Waals surface area contributed by atoms with Crippen molar-refractivity contribution < 1.29 is 22.8 Å². The van der Waals surface area contributed by atoms with Gasteiger partial charge < -0.3 is 5.32 Å². The van der Waals surface area contributed by atoms with Gasteiger partial charge in [-0.3, -0.25) is 10.2 Å². The van der Waals surface area contributed by atoms with Crippen molar-refractivity contribution in [3.8, 4) is 0 Å². The number of alkyl halides is 3. The Labute approximate surface area is 135 Å². The maximum absolute atomic E-state index is 12.6. The summed E-state index contributed by atoms with van der Waals surface area (Å²) in [5.41, 5.74) is 4.17. The zero-order valence-electron chi connectivity index (χ0n) is 12.4. The third kappa shape index (κ3) is 5.01. The highest BCUT2D eigenvalue weighted by atomic mass is 19.4. The van der Waals surface area contributed by atoms with E-state index in [9.17, 15) is 22.8 Å². The molecule has 3 N–H and O–H groups in total. The summed E-state index contributed by atoms with van der Waals surface area (Å²) in [5, 5.41) is 2.35. The lowest BCUT2D eigenvalue weighted by molar-refractivity contribution is -0.137. The predicted octanol–water partition coefficient (Wildman–Crippen LogP) is 2.85. The van der Waals surface area contributed by atoms with Gasteiger partial charge in [-0.15, -0.1) is 0 Å². The molecular formula is C16H14F3N3O2. The summed E-state index contributed by atoms with van der Waals surface area (Å²) in [5.74, 6) is -0.509. The van der Waals surface area contributed by atoms with Crippen LogP contribution in [0.5, 0.6) is 0 Å². The molecule has 0 aliphatic rings. The van der Waals surface area contributed by atoms with Crippen LogP contribution in [0.4, 0.5) is 18.0 Å². The number of benzene rings is 2. The fourth-order valence-corrected chi connectivity index (χ4v) is 1.86. The Hall–Kier alpha value is -3.03. The molecule has 0 aliphatic carbocycles.